The van der Waals surface area contributed by atoms with E-state index < -0.39 is 26.1 Å². The Morgan fingerprint density at radius 1 is 0.842 bits per heavy atom. The van der Waals surface area contributed by atoms with Gasteiger partial charge >= 0.3 is 0 Å². The lowest BCUT2D eigenvalue weighted by Crippen LogP contribution is -2.57. The molecule has 0 spiro atoms. The molecule has 1 N–H and O–H groups in total. The SMILES string of the molecule is O=C1[C@@H](NS(=O)(=O)c2ccc3cc(Cl)ccc3c2)CCCN1C1CCN(S(=O)(=O)Cc2ccccc2)CC1. The van der Waals surface area contributed by atoms with E-state index in [0.717, 1.165) is 16.3 Å². The monoisotopic (exact) mass is 575 g/mol. The molecule has 0 aromatic heterocycles. The van der Waals surface area contributed by atoms with Crippen LogP contribution in [0.15, 0.2) is 71.6 Å². The highest BCUT2D eigenvalue weighted by Gasteiger charge is 2.38. The second-order valence-electron chi connectivity index (χ2n) is 9.87. The maximum absolute atomic E-state index is 13.4. The first-order chi connectivity index (χ1) is 18.1. The fraction of sp³-hybridized carbons (Fsp3) is 0.370. The van der Waals surface area contributed by atoms with E-state index in [1.165, 1.54) is 10.4 Å². The van der Waals surface area contributed by atoms with Crippen molar-refractivity contribution in [2.45, 2.75) is 48.4 Å². The van der Waals surface area contributed by atoms with E-state index in [1.54, 1.807) is 47.4 Å². The zero-order chi connectivity index (χ0) is 26.9. The number of carbonyl (C=O) groups is 1. The van der Waals surface area contributed by atoms with Gasteiger partial charge in [-0.15, -0.1) is 0 Å². The highest BCUT2D eigenvalue weighted by atomic mass is 35.5. The standard InChI is InChI=1S/C27H30ClN3O5S2/c28-23-10-8-22-18-25(11-9-21(22)17-23)38(35,36)29-26-7-4-14-31(27(26)32)24-12-15-30(16-13-24)37(33,34)19-20-5-2-1-3-6-20/h1-3,5-6,8-11,17-18,24,26,29H,4,7,12-16,19H2/t26-/m0/s1. The second kappa shape index (κ2) is 10.9. The third-order valence-electron chi connectivity index (χ3n) is 7.30. The first-order valence-electron chi connectivity index (χ1n) is 12.7. The van der Waals surface area contributed by atoms with E-state index in [2.05, 4.69) is 4.72 Å². The predicted molar refractivity (Wildman–Crippen MR) is 148 cm³/mol. The summed E-state index contributed by atoms with van der Waals surface area (Å²) in [6.07, 6.45) is 2.13. The molecule has 2 aliphatic heterocycles. The summed E-state index contributed by atoms with van der Waals surface area (Å²) in [5.41, 5.74) is 0.742. The van der Waals surface area contributed by atoms with Gasteiger partial charge in [-0.2, -0.15) is 4.72 Å². The van der Waals surface area contributed by atoms with Crippen LogP contribution in [0.1, 0.15) is 31.2 Å². The van der Waals surface area contributed by atoms with Gasteiger partial charge in [-0.1, -0.05) is 54.1 Å². The van der Waals surface area contributed by atoms with Crippen LogP contribution in [-0.2, 0) is 30.6 Å². The van der Waals surface area contributed by atoms with Crippen molar-refractivity contribution in [1.82, 2.24) is 13.9 Å². The maximum atomic E-state index is 13.4. The number of piperidine rings is 2. The Labute approximate surface area is 228 Å². The normalized spacial score (nSPS) is 20.2. The Bertz CT molecular complexity index is 1540. The summed E-state index contributed by atoms with van der Waals surface area (Å²) in [5.74, 6) is -0.301. The van der Waals surface area contributed by atoms with Crippen LogP contribution in [0.2, 0.25) is 5.02 Å². The van der Waals surface area contributed by atoms with Gasteiger partial charge in [0.1, 0.15) is 6.04 Å². The number of nitrogens with one attached hydrogen (secondary N) is 1. The van der Waals surface area contributed by atoms with Crippen LogP contribution >= 0.6 is 11.6 Å². The molecule has 11 heteroatoms. The van der Waals surface area contributed by atoms with Gasteiger partial charge in [0.2, 0.25) is 26.0 Å². The summed E-state index contributed by atoms with van der Waals surface area (Å²) in [5, 5.41) is 2.13. The lowest BCUT2D eigenvalue weighted by Gasteiger charge is -2.41. The topological polar surface area (TPSA) is 104 Å². The number of benzene rings is 3. The van der Waals surface area contributed by atoms with Gasteiger partial charge in [0.05, 0.1) is 10.6 Å². The van der Waals surface area contributed by atoms with Crippen LogP contribution in [0.3, 0.4) is 0 Å². The van der Waals surface area contributed by atoms with Crippen LogP contribution in [0.4, 0.5) is 0 Å². The molecule has 2 fully saturated rings. The van der Waals surface area contributed by atoms with Crippen LogP contribution < -0.4 is 4.72 Å². The van der Waals surface area contributed by atoms with Gasteiger partial charge in [-0.05, 0) is 66.3 Å². The summed E-state index contributed by atoms with van der Waals surface area (Å²) in [7, 11) is -7.38. The quantitative estimate of drug-likeness (QED) is 0.462. The van der Waals surface area contributed by atoms with E-state index in [-0.39, 0.29) is 22.6 Å². The summed E-state index contributed by atoms with van der Waals surface area (Å²) >= 11 is 6.03. The molecule has 1 atom stereocenters. The fourth-order valence-corrected chi connectivity index (χ4v) is 8.30. The van der Waals surface area contributed by atoms with E-state index in [1.807, 2.05) is 18.2 Å². The third-order valence-corrected chi connectivity index (χ3v) is 10.9. The number of sulfonamides is 2. The molecular weight excluding hydrogens is 546 g/mol. The molecule has 2 heterocycles. The Hall–Kier alpha value is -2.50. The van der Waals surface area contributed by atoms with E-state index in [9.17, 15) is 21.6 Å². The number of hydrogen-bond donors (Lipinski definition) is 1. The number of nitrogens with zero attached hydrogens (tertiary/aromatic N) is 2. The van der Waals surface area contributed by atoms with Crippen molar-refractivity contribution in [3.05, 3.63) is 77.3 Å². The number of likely N-dealkylation sites (tertiary alicyclic amines) is 1. The number of hydrogen-bond acceptors (Lipinski definition) is 5. The minimum Gasteiger partial charge on any atom is -0.338 e. The zero-order valence-electron chi connectivity index (χ0n) is 20.8. The van der Waals surface area contributed by atoms with Crippen LogP contribution in [0, 0.1) is 0 Å². The molecule has 3 aromatic rings. The summed E-state index contributed by atoms with van der Waals surface area (Å²) in [4.78, 5) is 15.2. The van der Waals surface area contributed by atoms with Gasteiger partial charge < -0.3 is 4.90 Å². The van der Waals surface area contributed by atoms with Gasteiger partial charge in [0, 0.05) is 30.7 Å². The number of carbonyl (C=O) groups excluding carboxylic acids is 1. The van der Waals surface area contributed by atoms with Crippen LogP contribution in [-0.4, -0.2) is 63.7 Å². The van der Waals surface area contributed by atoms with E-state index in [4.69, 9.17) is 11.6 Å². The molecule has 1 amide bonds. The third kappa shape index (κ3) is 5.89. The average molecular weight is 576 g/mol. The molecule has 0 unspecified atom stereocenters. The van der Waals surface area contributed by atoms with Crippen molar-refractivity contribution in [1.29, 1.82) is 0 Å². The largest absolute Gasteiger partial charge is 0.338 e. The van der Waals surface area contributed by atoms with Crippen molar-refractivity contribution < 1.29 is 21.6 Å². The molecule has 2 saturated heterocycles. The molecule has 8 nitrogen and oxygen atoms in total. The summed E-state index contributed by atoms with van der Waals surface area (Å²) in [6.45, 7) is 1.21. The highest BCUT2D eigenvalue weighted by molar-refractivity contribution is 7.89. The van der Waals surface area contributed by atoms with Crippen molar-refractivity contribution >= 4 is 48.3 Å². The molecule has 0 saturated carbocycles. The minimum absolute atomic E-state index is 0.0488. The van der Waals surface area contributed by atoms with Crippen molar-refractivity contribution in [3.8, 4) is 0 Å². The Kier molecular flexibility index (Phi) is 7.79. The smallest absolute Gasteiger partial charge is 0.241 e. The highest BCUT2D eigenvalue weighted by Crippen LogP contribution is 2.26. The summed E-state index contributed by atoms with van der Waals surface area (Å²) in [6, 6.07) is 18.1. The molecule has 202 valence electrons. The van der Waals surface area contributed by atoms with Gasteiger partial charge in [-0.25, -0.2) is 21.1 Å². The van der Waals surface area contributed by atoms with Crippen LogP contribution in [0.5, 0.6) is 0 Å². The molecule has 5 rings (SSSR count). The molecule has 0 radical (unpaired) electrons. The van der Waals surface area contributed by atoms with Gasteiger partial charge in [0.25, 0.3) is 0 Å². The molecule has 38 heavy (non-hydrogen) atoms. The van der Waals surface area contributed by atoms with Gasteiger partial charge in [-0.3, -0.25) is 4.79 Å². The zero-order valence-corrected chi connectivity index (χ0v) is 23.2. The van der Waals surface area contributed by atoms with Crippen molar-refractivity contribution in [2.24, 2.45) is 0 Å². The first kappa shape index (κ1) is 27.1. The second-order valence-corrected chi connectivity index (χ2v) is 14.0. The van der Waals surface area contributed by atoms with E-state index >= 15 is 0 Å². The number of halogens is 1. The Balaban J connectivity index is 1.22. The summed E-state index contributed by atoms with van der Waals surface area (Å²) < 4.78 is 56.2. The van der Waals surface area contributed by atoms with E-state index in [0.29, 0.717) is 50.3 Å². The van der Waals surface area contributed by atoms with Crippen LogP contribution in [0.25, 0.3) is 10.8 Å². The molecule has 3 aromatic carbocycles. The molecule has 2 aliphatic rings. The fourth-order valence-electron chi connectivity index (χ4n) is 5.30. The van der Waals surface area contributed by atoms with Crippen molar-refractivity contribution in [3.63, 3.8) is 0 Å². The Morgan fingerprint density at radius 2 is 1.53 bits per heavy atom. The predicted octanol–water partition coefficient (Wildman–Crippen LogP) is 3.76. The lowest BCUT2D eigenvalue weighted by molar-refractivity contribution is -0.138. The number of rotatable bonds is 7. The number of fused-ring (bicyclic) bond motifs is 1. The lowest BCUT2D eigenvalue weighted by atomic mass is 9.98. The van der Waals surface area contributed by atoms with Crippen molar-refractivity contribution in [2.75, 3.05) is 19.6 Å². The average Bonchev–Trinajstić information content (AvgIpc) is 2.90. The van der Waals surface area contributed by atoms with Gasteiger partial charge in [0.15, 0.2) is 0 Å². The Morgan fingerprint density at radius 3 is 2.26 bits per heavy atom. The maximum Gasteiger partial charge on any atom is 0.241 e. The number of amides is 1. The molecule has 0 bridgehead atoms. The minimum atomic E-state index is -3.92. The molecular formula is C27H30ClN3O5S2. The first-order valence-corrected chi connectivity index (χ1v) is 16.1. The molecule has 0 aliphatic carbocycles.